The number of pyridine rings is 1. The normalized spacial score (nSPS) is 20.0. The molecular weight excluding hydrogens is 328 g/mol. The van der Waals surface area contributed by atoms with Gasteiger partial charge in [0.2, 0.25) is 0 Å². The Morgan fingerprint density at radius 1 is 1.15 bits per heavy atom. The summed E-state index contributed by atoms with van der Waals surface area (Å²) >= 11 is 0. The van der Waals surface area contributed by atoms with Crippen molar-refractivity contribution in [2.24, 2.45) is 5.92 Å². The van der Waals surface area contributed by atoms with Crippen LogP contribution in [-0.2, 0) is 17.6 Å². The molecule has 26 heavy (non-hydrogen) atoms. The molecule has 136 valence electrons. The van der Waals surface area contributed by atoms with Crippen LogP contribution in [0.25, 0.3) is 0 Å². The zero-order chi connectivity index (χ0) is 17.8. The molecular formula is C21H24N2O3. The van der Waals surface area contributed by atoms with Crippen LogP contribution < -0.4 is 4.74 Å². The number of fused-ring (bicyclic) bond motifs is 1. The number of hydrogen-bond donors (Lipinski definition) is 0. The Balaban J connectivity index is 1.46. The van der Waals surface area contributed by atoms with Crippen molar-refractivity contribution in [2.75, 3.05) is 32.9 Å². The second-order valence-electron chi connectivity index (χ2n) is 6.96. The summed E-state index contributed by atoms with van der Waals surface area (Å²) in [7, 11) is 0. The lowest BCUT2D eigenvalue weighted by Gasteiger charge is -2.27. The molecule has 0 radical (unpaired) electrons. The molecule has 1 amide bonds. The fourth-order valence-corrected chi connectivity index (χ4v) is 3.70. The van der Waals surface area contributed by atoms with E-state index in [-0.39, 0.29) is 5.91 Å². The molecule has 1 saturated heterocycles. The summed E-state index contributed by atoms with van der Waals surface area (Å²) in [6, 6.07) is 12.0. The van der Waals surface area contributed by atoms with Crippen LogP contribution in [0.3, 0.4) is 0 Å². The number of ether oxygens (including phenoxy) is 2. The van der Waals surface area contributed by atoms with Crippen LogP contribution >= 0.6 is 0 Å². The van der Waals surface area contributed by atoms with E-state index in [4.69, 9.17) is 9.47 Å². The number of aromatic nitrogens is 1. The minimum Gasteiger partial charge on any atom is -0.493 e. The number of nitrogens with zero attached hydrogens (tertiary/aromatic N) is 2. The molecule has 1 aromatic heterocycles. The standard InChI is InChI=1S/C21H24N2O3/c24-21(23-8-11-25-12-9-23)18-5-7-22-19(15-18)14-16-6-10-26-20-4-2-1-3-17(20)13-16/h1-5,7,15-16H,6,8-14H2. The van der Waals surface area contributed by atoms with Gasteiger partial charge in [-0.3, -0.25) is 9.78 Å². The Morgan fingerprint density at radius 3 is 2.88 bits per heavy atom. The molecule has 1 unspecified atom stereocenters. The van der Waals surface area contributed by atoms with Gasteiger partial charge in [-0.2, -0.15) is 0 Å². The highest BCUT2D eigenvalue weighted by molar-refractivity contribution is 5.94. The fraction of sp³-hybridized carbons (Fsp3) is 0.429. The van der Waals surface area contributed by atoms with Gasteiger partial charge in [0.25, 0.3) is 5.91 Å². The minimum absolute atomic E-state index is 0.0755. The molecule has 5 heteroatoms. The third kappa shape index (κ3) is 3.88. The molecule has 2 aliphatic heterocycles. The Hall–Kier alpha value is -2.40. The zero-order valence-corrected chi connectivity index (χ0v) is 14.9. The molecule has 0 saturated carbocycles. The maximum atomic E-state index is 12.7. The summed E-state index contributed by atoms with van der Waals surface area (Å²) in [4.78, 5) is 19.1. The molecule has 1 fully saturated rings. The molecule has 0 spiro atoms. The van der Waals surface area contributed by atoms with Gasteiger partial charge in [0.15, 0.2) is 0 Å². The second kappa shape index (κ2) is 7.87. The van der Waals surface area contributed by atoms with Crippen molar-refractivity contribution in [3.8, 4) is 5.75 Å². The first kappa shape index (κ1) is 17.0. The van der Waals surface area contributed by atoms with E-state index in [1.807, 2.05) is 29.2 Å². The van der Waals surface area contributed by atoms with Gasteiger partial charge in [-0.05, 0) is 48.9 Å². The van der Waals surface area contributed by atoms with Gasteiger partial charge in [0.05, 0.1) is 19.8 Å². The minimum atomic E-state index is 0.0755. The van der Waals surface area contributed by atoms with E-state index in [0.717, 1.165) is 42.9 Å². The third-order valence-electron chi connectivity index (χ3n) is 5.12. The molecule has 1 atom stereocenters. The van der Waals surface area contributed by atoms with Gasteiger partial charge in [0.1, 0.15) is 5.75 Å². The van der Waals surface area contributed by atoms with E-state index >= 15 is 0 Å². The number of para-hydroxylation sites is 1. The first-order chi connectivity index (χ1) is 12.8. The van der Waals surface area contributed by atoms with Crippen molar-refractivity contribution in [1.29, 1.82) is 0 Å². The van der Waals surface area contributed by atoms with Crippen LogP contribution in [0.5, 0.6) is 5.75 Å². The monoisotopic (exact) mass is 352 g/mol. The molecule has 0 N–H and O–H groups in total. The van der Waals surface area contributed by atoms with Gasteiger partial charge in [-0.25, -0.2) is 0 Å². The van der Waals surface area contributed by atoms with Crippen LogP contribution in [-0.4, -0.2) is 48.7 Å². The predicted molar refractivity (Wildman–Crippen MR) is 98.4 cm³/mol. The van der Waals surface area contributed by atoms with E-state index < -0.39 is 0 Å². The topological polar surface area (TPSA) is 51.7 Å². The van der Waals surface area contributed by atoms with Gasteiger partial charge in [-0.15, -0.1) is 0 Å². The summed E-state index contributed by atoms with van der Waals surface area (Å²) in [6.07, 6.45) is 4.60. The van der Waals surface area contributed by atoms with E-state index in [9.17, 15) is 4.79 Å². The molecule has 2 aliphatic rings. The largest absolute Gasteiger partial charge is 0.493 e. The quantitative estimate of drug-likeness (QED) is 0.852. The van der Waals surface area contributed by atoms with Crippen LogP contribution in [0, 0.1) is 5.92 Å². The van der Waals surface area contributed by atoms with Crippen molar-refractivity contribution < 1.29 is 14.3 Å². The average Bonchev–Trinajstić information content (AvgIpc) is 2.90. The van der Waals surface area contributed by atoms with Gasteiger partial charge < -0.3 is 14.4 Å². The summed E-state index contributed by atoms with van der Waals surface area (Å²) in [5, 5.41) is 0. The zero-order valence-electron chi connectivity index (χ0n) is 14.9. The van der Waals surface area contributed by atoms with Crippen molar-refractivity contribution in [3.05, 3.63) is 59.4 Å². The lowest BCUT2D eigenvalue weighted by molar-refractivity contribution is 0.0302. The van der Waals surface area contributed by atoms with Crippen LogP contribution in [0.2, 0.25) is 0 Å². The Kier molecular flexibility index (Phi) is 5.16. The Morgan fingerprint density at radius 2 is 2.00 bits per heavy atom. The molecule has 5 nitrogen and oxygen atoms in total. The lowest BCUT2D eigenvalue weighted by Crippen LogP contribution is -2.40. The summed E-state index contributed by atoms with van der Waals surface area (Å²) in [6.45, 7) is 3.28. The number of carbonyl (C=O) groups excluding carboxylic acids is 1. The van der Waals surface area contributed by atoms with Crippen molar-refractivity contribution in [1.82, 2.24) is 9.88 Å². The van der Waals surface area contributed by atoms with E-state index in [1.54, 1.807) is 6.20 Å². The predicted octanol–water partition coefficient (Wildman–Crippen LogP) is 2.74. The summed E-state index contributed by atoms with van der Waals surface area (Å²) in [5.41, 5.74) is 2.96. The highest BCUT2D eigenvalue weighted by atomic mass is 16.5. The second-order valence-corrected chi connectivity index (χ2v) is 6.96. The molecule has 3 heterocycles. The van der Waals surface area contributed by atoms with Crippen molar-refractivity contribution in [3.63, 3.8) is 0 Å². The number of hydrogen-bond acceptors (Lipinski definition) is 4. The van der Waals surface area contributed by atoms with Gasteiger partial charge in [0, 0.05) is 30.5 Å². The molecule has 2 aromatic rings. The third-order valence-corrected chi connectivity index (χ3v) is 5.12. The van der Waals surface area contributed by atoms with Crippen molar-refractivity contribution >= 4 is 5.91 Å². The molecule has 0 bridgehead atoms. The molecule has 1 aromatic carbocycles. The SMILES string of the molecule is O=C(c1ccnc(CC2CCOc3ccccc3C2)c1)N1CCOCC1. The highest BCUT2D eigenvalue weighted by Crippen LogP contribution is 2.28. The maximum absolute atomic E-state index is 12.7. The average molecular weight is 352 g/mol. The lowest BCUT2D eigenvalue weighted by atomic mass is 9.92. The molecule has 0 aliphatic carbocycles. The van der Waals surface area contributed by atoms with E-state index in [1.165, 1.54) is 5.56 Å². The summed E-state index contributed by atoms with van der Waals surface area (Å²) < 4.78 is 11.2. The van der Waals surface area contributed by atoms with E-state index in [0.29, 0.717) is 32.2 Å². The van der Waals surface area contributed by atoms with Gasteiger partial charge in [-0.1, -0.05) is 18.2 Å². The van der Waals surface area contributed by atoms with Crippen LogP contribution in [0.15, 0.2) is 42.6 Å². The van der Waals surface area contributed by atoms with Crippen molar-refractivity contribution in [2.45, 2.75) is 19.3 Å². The van der Waals surface area contributed by atoms with Crippen LogP contribution in [0.1, 0.15) is 28.0 Å². The summed E-state index contributed by atoms with van der Waals surface area (Å²) in [5.74, 6) is 1.55. The smallest absolute Gasteiger partial charge is 0.254 e. The number of amides is 1. The van der Waals surface area contributed by atoms with Crippen LogP contribution in [0.4, 0.5) is 0 Å². The first-order valence-electron chi connectivity index (χ1n) is 9.32. The van der Waals surface area contributed by atoms with Gasteiger partial charge >= 0.3 is 0 Å². The first-order valence-corrected chi connectivity index (χ1v) is 9.32. The number of carbonyl (C=O) groups is 1. The fourth-order valence-electron chi connectivity index (χ4n) is 3.70. The number of benzene rings is 1. The molecule has 4 rings (SSSR count). The number of morpholine rings is 1. The number of rotatable bonds is 3. The highest BCUT2D eigenvalue weighted by Gasteiger charge is 2.21. The Bertz CT molecular complexity index is 771. The van der Waals surface area contributed by atoms with E-state index in [2.05, 4.69) is 17.1 Å². The maximum Gasteiger partial charge on any atom is 0.254 e. The Labute approximate surface area is 153 Å².